The Bertz CT molecular complexity index is 202. The van der Waals surface area contributed by atoms with E-state index in [9.17, 15) is 9.59 Å². The maximum Gasteiger partial charge on any atom is 0.174 e. The number of Topliss-reactive ketones (excluding diaryl/α,β-unsaturated/α-hetero) is 2. The van der Waals surface area contributed by atoms with E-state index in [0.29, 0.717) is 6.61 Å². The summed E-state index contributed by atoms with van der Waals surface area (Å²) in [7, 11) is 0. The maximum atomic E-state index is 11.3. The molecule has 0 amide bonds. The normalized spacial score (nSPS) is 29.8. The van der Waals surface area contributed by atoms with Gasteiger partial charge in [0.2, 0.25) is 0 Å². The second kappa shape index (κ2) is 4.01. The molecule has 12 heavy (non-hydrogen) atoms. The molecule has 0 aromatic heterocycles. The lowest BCUT2D eigenvalue weighted by molar-refractivity contribution is -0.137. The van der Waals surface area contributed by atoms with Crippen molar-refractivity contribution in [1.82, 2.24) is 0 Å². The zero-order chi connectivity index (χ0) is 9.14. The van der Waals surface area contributed by atoms with Crippen molar-refractivity contribution in [2.24, 2.45) is 5.92 Å². The summed E-state index contributed by atoms with van der Waals surface area (Å²) in [6, 6.07) is 0. The quantitative estimate of drug-likeness (QED) is 0.488. The van der Waals surface area contributed by atoms with Crippen LogP contribution in [0.1, 0.15) is 13.3 Å². The molecule has 3 nitrogen and oxygen atoms in total. The lowest BCUT2D eigenvalue weighted by Crippen LogP contribution is -2.27. The van der Waals surface area contributed by atoms with Crippen LogP contribution in [0.2, 0.25) is 0 Å². The fourth-order valence-corrected chi connectivity index (χ4v) is 1.56. The van der Waals surface area contributed by atoms with E-state index in [0.717, 1.165) is 0 Å². The molecule has 1 rings (SSSR count). The van der Waals surface area contributed by atoms with E-state index in [1.165, 1.54) is 0 Å². The van der Waals surface area contributed by atoms with E-state index in [-0.39, 0.29) is 29.8 Å². The van der Waals surface area contributed by atoms with Crippen molar-refractivity contribution in [3.63, 3.8) is 0 Å². The Kier molecular flexibility index (Phi) is 3.23. The first-order valence-corrected chi connectivity index (χ1v) is 4.48. The summed E-state index contributed by atoms with van der Waals surface area (Å²) in [5.41, 5.74) is 0. The first-order chi connectivity index (χ1) is 5.70. The number of carbonyl (C=O) groups is 2. The Morgan fingerprint density at radius 1 is 1.58 bits per heavy atom. The van der Waals surface area contributed by atoms with Crippen molar-refractivity contribution in [2.75, 3.05) is 12.5 Å². The minimum atomic E-state index is -0.834. The first-order valence-electron chi connectivity index (χ1n) is 3.94. The van der Waals surface area contributed by atoms with E-state index in [2.05, 4.69) is 0 Å². The van der Waals surface area contributed by atoms with Crippen molar-refractivity contribution >= 4 is 23.2 Å². The third-order valence-electron chi connectivity index (χ3n) is 1.92. The van der Waals surface area contributed by atoms with Crippen molar-refractivity contribution in [3.05, 3.63) is 0 Å². The number of rotatable bonds is 3. The number of carbonyl (C=O) groups excluding carboxylic acids is 2. The minimum Gasteiger partial charge on any atom is -0.363 e. The second-order valence-corrected chi connectivity index (χ2v) is 3.07. The third kappa shape index (κ3) is 1.67. The molecule has 2 atom stereocenters. The van der Waals surface area contributed by atoms with Gasteiger partial charge >= 0.3 is 0 Å². The number of alkyl halides is 1. The highest BCUT2D eigenvalue weighted by Crippen LogP contribution is 2.22. The average molecular weight is 191 g/mol. The molecule has 2 unspecified atom stereocenters. The number of halogens is 1. The molecule has 0 aliphatic heterocycles. The van der Waals surface area contributed by atoms with Gasteiger partial charge in [0.25, 0.3) is 0 Å². The van der Waals surface area contributed by atoms with Gasteiger partial charge in [0, 0.05) is 24.8 Å². The molecule has 0 aromatic carbocycles. The number of hydrogen-bond acceptors (Lipinski definition) is 3. The molecule has 1 saturated carbocycles. The number of hydrogen-bond donors (Lipinski definition) is 0. The lowest BCUT2D eigenvalue weighted by atomic mass is 10.1. The highest BCUT2D eigenvalue weighted by molar-refractivity contribution is 6.22. The molecule has 0 aromatic rings. The van der Waals surface area contributed by atoms with Gasteiger partial charge in [0.15, 0.2) is 17.7 Å². The van der Waals surface area contributed by atoms with Crippen molar-refractivity contribution in [3.8, 4) is 0 Å². The topological polar surface area (TPSA) is 43.4 Å². The summed E-state index contributed by atoms with van der Waals surface area (Å²) in [4.78, 5) is 22.4. The Labute approximate surface area is 76.0 Å². The fraction of sp³-hybridized carbons (Fsp3) is 0.750. The van der Waals surface area contributed by atoms with E-state index >= 15 is 0 Å². The largest absolute Gasteiger partial charge is 0.363 e. The summed E-state index contributed by atoms with van der Waals surface area (Å²) < 4.78 is 5.00. The van der Waals surface area contributed by atoms with Gasteiger partial charge in [0.1, 0.15) is 0 Å². The lowest BCUT2D eigenvalue weighted by Gasteiger charge is -2.06. The summed E-state index contributed by atoms with van der Waals surface area (Å²) >= 11 is 5.50. The molecule has 0 spiro atoms. The van der Waals surface area contributed by atoms with Crippen LogP contribution in [-0.2, 0) is 14.3 Å². The molecular weight excluding hydrogens is 180 g/mol. The third-order valence-corrected chi connectivity index (χ3v) is 2.29. The monoisotopic (exact) mass is 190 g/mol. The highest BCUT2D eigenvalue weighted by Gasteiger charge is 2.40. The van der Waals surface area contributed by atoms with Gasteiger partial charge in [0.05, 0.1) is 0 Å². The van der Waals surface area contributed by atoms with E-state index in [1.54, 1.807) is 6.92 Å². The van der Waals surface area contributed by atoms with Crippen LogP contribution in [0.5, 0.6) is 0 Å². The standard InChI is InChI=1S/C8H11ClO3/c1-2-12-8-6(10)3-5(4-9)7(8)11/h5,8H,2-4H2,1H3. The van der Waals surface area contributed by atoms with Crippen LogP contribution in [0.15, 0.2) is 0 Å². The van der Waals surface area contributed by atoms with Gasteiger partial charge < -0.3 is 4.74 Å². The predicted molar refractivity (Wildman–Crippen MR) is 44.3 cm³/mol. The maximum absolute atomic E-state index is 11.3. The zero-order valence-electron chi connectivity index (χ0n) is 6.88. The van der Waals surface area contributed by atoms with Gasteiger partial charge in [-0.05, 0) is 6.92 Å². The van der Waals surface area contributed by atoms with E-state index in [4.69, 9.17) is 16.3 Å². The van der Waals surface area contributed by atoms with Crippen LogP contribution in [0.25, 0.3) is 0 Å². The zero-order valence-corrected chi connectivity index (χ0v) is 7.63. The van der Waals surface area contributed by atoms with Crippen LogP contribution in [0.3, 0.4) is 0 Å². The molecular formula is C8H11ClO3. The fourth-order valence-electron chi connectivity index (χ4n) is 1.30. The molecule has 1 aliphatic rings. The van der Waals surface area contributed by atoms with Gasteiger partial charge in [-0.2, -0.15) is 0 Å². The predicted octanol–water partition coefficient (Wildman–Crippen LogP) is 0.788. The first kappa shape index (κ1) is 9.68. The van der Waals surface area contributed by atoms with E-state index < -0.39 is 6.10 Å². The van der Waals surface area contributed by atoms with Crippen molar-refractivity contribution < 1.29 is 14.3 Å². The Hall–Kier alpha value is -0.410. The molecule has 4 heteroatoms. The molecule has 0 saturated heterocycles. The van der Waals surface area contributed by atoms with Crippen LogP contribution in [0, 0.1) is 5.92 Å². The van der Waals surface area contributed by atoms with Gasteiger partial charge in [-0.1, -0.05) is 0 Å². The van der Waals surface area contributed by atoms with Gasteiger partial charge in [-0.25, -0.2) is 0 Å². The Morgan fingerprint density at radius 3 is 2.67 bits per heavy atom. The van der Waals surface area contributed by atoms with Crippen molar-refractivity contribution in [2.45, 2.75) is 19.4 Å². The molecule has 0 heterocycles. The van der Waals surface area contributed by atoms with Crippen LogP contribution in [0.4, 0.5) is 0 Å². The molecule has 1 aliphatic carbocycles. The van der Waals surface area contributed by atoms with Crippen molar-refractivity contribution in [1.29, 1.82) is 0 Å². The molecule has 68 valence electrons. The highest BCUT2D eigenvalue weighted by atomic mass is 35.5. The second-order valence-electron chi connectivity index (χ2n) is 2.76. The summed E-state index contributed by atoms with van der Waals surface area (Å²) in [6.45, 7) is 2.14. The summed E-state index contributed by atoms with van der Waals surface area (Å²) in [5, 5.41) is 0. The minimum absolute atomic E-state index is 0.132. The molecule has 0 radical (unpaired) electrons. The van der Waals surface area contributed by atoms with Crippen LogP contribution in [-0.4, -0.2) is 30.2 Å². The summed E-state index contributed by atoms with van der Waals surface area (Å²) in [6.07, 6.45) is -0.591. The Morgan fingerprint density at radius 2 is 2.25 bits per heavy atom. The summed E-state index contributed by atoms with van der Waals surface area (Å²) in [5.74, 6) is -0.395. The number of ketones is 2. The van der Waals surface area contributed by atoms with Gasteiger partial charge in [-0.3, -0.25) is 9.59 Å². The Balaban J connectivity index is 2.64. The van der Waals surface area contributed by atoms with Gasteiger partial charge in [-0.15, -0.1) is 11.6 Å². The smallest absolute Gasteiger partial charge is 0.174 e. The van der Waals surface area contributed by atoms with E-state index in [1.807, 2.05) is 0 Å². The average Bonchev–Trinajstić information content (AvgIpc) is 2.32. The molecule has 0 N–H and O–H groups in total. The SMILES string of the molecule is CCOC1C(=O)CC(CCl)C1=O. The van der Waals surface area contributed by atoms with Crippen LogP contribution < -0.4 is 0 Å². The molecule has 1 fully saturated rings. The van der Waals surface area contributed by atoms with Crippen LogP contribution >= 0.6 is 11.6 Å². The number of ether oxygens (including phenoxy) is 1. The molecule has 0 bridgehead atoms.